The molecule has 0 spiro atoms. The highest BCUT2D eigenvalue weighted by Crippen LogP contribution is 2.17. The first-order chi connectivity index (χ1) is 7.97. The van der Waals surface area contributed by atoms with Gasteiger partial charge in [0.1, 0.15) is 6.04 Å². The molecule has 1 fully saturated rings. The molecule has 0 aromatic carbocycles. The van der Waals surface area contributed by atoms with Crippen molar-refractivity contribution in [2.24, 2.45) is 17.8 Å². The molecule has 0 radical (unpaired) electrons. The van der Waals surface area contributed by atoms with Crippen LogP contribution in [0.1, 0.15) is 27.2 Å². The third-order valence-electron chi connectivity index (χ3n) is 3.63. The second-order valence-corrected chi connectivity index (χ2v) is 4.95. The summed E-state index contributed by atoms with van der Waals surface area (Å²) in [5.41, 5.74) is 0. The zero-order valence-corrected chi connectivity index (χ0v) is 10.7. The highest BCUT2D eigenvalue weighted by Gasteiger charge is 2.33. The van der Waals surface area contributed by atoms with Crippen molar-refractivity contribution in [3.63, 3.8) is 0 Å². The summed E-state index contributed by atoms with van der Waals surface area (Å²) in [6.07, 6.45) is 0.732. The normalized spacial score (nSPS) is 27.5. The summed E-state index contributed by atoms with van der Waals surface area (Å²) in [5, 5.41) is 14.9. The second-order valence-electron chi connectivity index (χ2n) is 4.95. The first-order valence-electron chi connectivity index (χ1n) is 6.21. The molecule has 0 saturated carbocycles. The number of amides is 1. The third kappa shape index (κ3) is 3.43. The van der Waals surface area contributed by atoms with E-state index in [2.05, 4.69) is 10.6 Å². The number of hydrogen-bond donors (Lipinski definition) is 3. The van der Waals surface area contributed by atoms with Crippen LogP contribution in [-0.4, -0.2) is 36.1 Å². The van der Waals surface area contributed by atoms with Gasteiger partial charge in [0.05, 0.1) is 5.92 Å². The van der Waals surface area contributed by atoms with E-state index in [4.69, 9.17) is 5.11 Å². The molecule has 0 bridgehead atoms. The highest BCUT2D eigenvalue weighted by molar-refractivity contribution is 5.85. The fourth-order valence-electron chi connectivity index (χ4n) is 2.10. The van der Waals surface area contributed by atoms with Gasteiger partial charge >= 0.3 is 5.97 Å². The Hall–Kier alpha value is -1.10. The van der Waals surface area contributed by atoms with Gasteiger partial charge in [0.25, 0.3) is 0 Å². The maximum absolute atomic E-state index is 12.0. The summed E-state index contributed by atoms with van der Waals surface area (Å²) in [6, 6.07) is -0.778. The topological polar surface area (TPSA) is 78.4 Å². The average molecular weight is 242 g/mol. The molecule has 98 valence electrons. The SMILES string of the molecule is CCC(C)[C@H](NC(=O)C1CNCC1C)C(=O)O. The summed E-state index contributed by atoms with van der Waals surface area (Å²) in [4.78, 5) is 23.1. The average Bonchev–Trinajstić information content (AvgIpc) is 2.70. The third-order valence-corrected chi connectivity index (χ3v) is 3.63. The largest absolute Gasteiger partial charge is 0.480 e. The first-order valence-corrected chi connectivity index (χ1v) is 6.21. The molecule has 1 rings (SSSR count). The van der Waals surface area contributed by atoms with E-state index in [1.165, 1.54) is 0 Å². The van der Waals surface area contributed by atoms with Crippen LogP contribution >= 0.6 is 0 Å². The number of carboxylic acid groups (broad SMARTS) is 1. The summed E-state index contributed by atoms with van der Waals surface area (Å²) in [5.74, 6) is -0.995. The lowest BCUT2D eigenvalue weighted by Crippen LogP contribution is -2.48. The number of aliphatic carboxylic acids is 1. The second kappa shape index (κ2) is 6.00. The minimum Gasteiger partial charge on any atom is -0.480 e. The minimum atomic E-state index is -0.952. The van der Waals surface area contributed by atoms with E-state index < -0.39 is 12.0 Å². The van der Waals surface area contributed by atoms with Crippen LogP contribution in [0.3, 0.4) is 0 Å². The lowest BCUT2D eigenvalue weighted by atomic mass is 9.94. The van der Waals surface area contributed by atoms with Gasteiger partial charge < -0.3 is 15.7 Å². The van der Waals surface area contributed by atoms with Gasteiger partial charge in [0, 0.05) is 6.54 Å². The van der Waals surface area contributed by atoms with E-state index in [1.54, 1.807) is 0 Å². The van der Waals surface area contributed by atoms with Gasteiger partial charge in [0.15, 0.2) is 0 Å². The summed E-state index contributed by atoms with van der Waals surface area (Å²) in [6.45, 7) is 7.23. The minimum absolute atomic E-state index is 0.0545. The molecule has 0 aromatic heterocycles. The molecular weight excluding hydrogens is 220 g/mol. The zero-order valence-electron chi connectivity index (χ0n) is 10.7. The molecule has 5 nitrogen and oxygen atoms in total. The van der Waals surface area contributed by atoms with Gasteiger partial charge in [0.2, 0.25) is 5.91 Å². The van der Waals surface area contributed by atoms with Crippen LogP contribution in [0.4, 0.5) is 0 Å². The highest BCUT2D eigenvalue weighted by atomic mass is 16.4. The summed E-state index contributed by atoms with van der Waals surface area (Å²) < 4.78 is 0. The zero-order chi connectivity index (χ0) is 13.0. The quantitative estimate of drug-likeness (QED) is 0.654. The molecule has 1 saturated heterocycles. The van der Waals surface area contributed by atoms with Crippen LogP contribution in [0.25, 0.3) is 0 Å². The maximum Gasteiger partial charge on any atom is 0.326 e. The monoisotopic (exact) mass is 242 g/mol. The Morgan fingerprint density at radius 2 is 2.12 bits per heavy atom. The van der Waals surface area contributed by atoms with Crippen LogP contribution in [0.2, 0.25) is 0 Å². The van der Waals surface area contributed by atoms with Crippen molar-refractivity contribution < 1.29 is 14.7 Å². The summed E-state index contributed by atoms with van der Waals surface area (Å²) >= 11 is 0. The van der Waals surface area contributed by atoms with Crippen molar-refractivity contribution in [3.05, 3.63) is 0 Å². The Bertz CT molecular complexity index is 293. The molecule has 0 aliphatic carbocycles. The Balaban J connectivity index is 2.61. The van der Waals surface area contributed by atoms with Gasteiger partial charge in [-0.15, -0.1) is 0 Å². The van der Waals surface area contributed by atoms with Crippen molar-refractivity contribution in [1.29, 1.82) is 0 Å². The van der Waals surface area contributed by atoms with Gasteiger partial charge in [-0.25, -0.2) is 4.79 Å². The Labute approximate surface area is 102 Å². The molecule has 1 aliphatic heterocycles. The smallest absolute Gasteiger partial charge is 0.326 e. The van der Waals surface area contributed by atoms with E-state index in [-0.39, 0.29) is 23.7 Å². The van der Waals surface area contributed by atoms with Gasteiger partial charge in [-0.2, -0.15) is 0 Å². The number of carbonyl (C=O) groups is 2. The van der Waals surface area contributed by atoms with Crippen molar-refractivity contribution >= 4 is 11.9 Å². The number of carbonyl (C=O) groups excluding carboxylic acids is 1. The van der Waals surface area contributed by atoms with Gasteiger partial charge in [-0.1, -0.05) is 27.2 Å². The molecule has 5 heteroatoms. The molecule has 1 heterocycles. The Morgan fingerprint density at radius 3 is 2.53 bits per heavy atom. The standard InChI is InChI=1S/C12H22N2O3/c1-4-7(2)10(12(16)17)14-11(15)9-6-13-5-8(9)3/h7-10,13H,4-6H2,1-3H3,(H,14,15)(H,16,17)/t7?,8?,9?,10-/m0/s1. The summed E-state index contributed by atoms with van der Waals surface area (Å²) in [7, 11) is 0. The number of hydrogen-bond acceptors (Lipinski definition) is 3. The Kier molecular flexibility index (Phi) is 4.93. The molecule has 1 aliphatic rings. The van der Waals surface area contributed by atoms with E-state index in [0.29, 0.717) is 6.54 Å². The molecule has 0 aromatic rings. The fraction of sp³-hybridized carbons (Fsp3) is 0.833. The van der Waals surface area contributed by atoms with E-state index >= 15 is 0 Å². The molecule has 3 N–H and O–H groups in total. The van der Waals surface area contributed by atoms with E-state index in [0.717, 1.165) is 13.0 Å². The lowest BCUT2D eigenvalue weighted by molar-refractivity contribution is -0.144. The van der Waals surface area contributed by atoms with Crippen molar-refractivity contribution in [2.75, 3.05) is 13.1 Å². The van der Waals surface area contributed by atoms with E-state index in [1.807, 2.05) is 20.8 Å². The van der Waals surface area contributed by atoms with Crippen LogP contribution in [0.5, 0.6) is 0 Å². The molecule has 3 unspecified atom stereocenters. The van der Waals surface area contributed by atoms with Gasteiger partial charge in [-0.3, -0.25) is 4.79 Å². The van der Waals surface area contributed by atoms with Crippen molar-refractivity contribution in [1.82, 2.24) is 10.6 Å². The molecule has 4 atom stereocenters. The van der Waals surface area contributed by atoms with Gasteiger partial charge in [-0.05, 0) is 18.4 Å². The van der Waals surface area contributed by atoms with E-state index in [9.17, 15) is 9.59 Å². The first kappa shape index (κ1) is 14.0. The molecule has 17 heavy (non-hydrogen) atoms. The van der Waals surface area contributed by atoms with Crippen LogP contribution < -0.4 is 10.6 Å². The lowest BCUT2D eigenvalue weighted by Gasteiger charge is -2.23. The van der Waals surface area contributed by atoms with Crippen molar-refractivity contribution in [3.8, 4) is 0 Å². The molecule has 1 amide bonds. The predicted octanol–water partition coefficient (Wildman–Crippen LogP) is 0.457. The fourth-order valence-corrected chi connectivity index (χ4v) is 2.10. The maximum atomic E-state index is 12.0. The Morgan fingerprint density at radius 1 is 1.47 bits per heavy atom. The van der Waals surface area contributed by atoms with Crippen molar-refractivity contribution in [2.45, 2.75) is 33.2 Å². The molecular formula is C12H22N2O3. The predicted molar refractivity (Wildman–Crippen MR) is 64.5 cm³/mol. The number of nitrogens with one attached hydrogen (secondary N) is 2. The van der Waals surface area contributed by atoms with Crippen LogP contribution in [0.15, 0.2) is 0 Å². The number of rotatable bonds is 5. The van der Waals surface area contributed by atoms with Crippen LogP contribution in [0, 0.1) is 17.8 Å². The number of carboxylic acids is 1. The van der Waals surface area contributed by atoms with Crippen LogP contribution in [-0.2, 0) is 9.59 Å².